The molecular weight excluding hydrogens is 545 g/mol. The van der Waals surface area contributed by atoms with E-state index in [1.54, 1.807) is 42.1 Å². The molecular formula is C33H25Cl2NO2S. The van der Waals surface area contributed by atoms with Gasteiger partial charge >= 0.3 is 0 Å². The number of rotatable bonds is 8. The van der Waals surface area contributed by atoms with Crippen LogP contribution in [0.25, 0.3) is 10.8 Å². The van der Waals surface area contributed by atoms with Crippen LogP contribution in [-0.4, -0.2) is 17.9 Å². The third-order valence-corrected chi connectivity index (χ3v) is 8.26. The van der Waals surface area contributed by atoms with Crippen LogP contribution in [0, 0.1) is 0 Å². The maximum Gasteiger partial charge on any atom is 0.251 e. The summed E-state index contributed by atoms with van der Waals surface area (Å²) in [5.41, 5.74) is 2.55. The summed E-state index contributed by atoms with van der Waals surface area (Å²) in [5, 5.41) is 5.91. The fourth-order valence-corrected chi connectivity index (χ4v) is 5.53. The van der Waals surface area contributed by atoms with Crippen molar-refractivity contribution in [2.45, 2.75) is 16.9 Å². The van der Waals surface area contributed by atoms with Gasteiger partial charge in [0.15, 0.2) is 5.78 Å². The number of halogens is 2. The highest BCUT2D eigenvalue weighted by molar-refractivity contribution is 7.98. The van der Waals surface area contributed by atoms with Crippen molar-refractivity contribution in [3.8, 4) is 0 Å². The highest BCUT2D eigenvalue weighted by Gasteiger charge is 2.34. The van der Waals surface area contributed by atoms with Gasteiger partial charge in [-0.2, -0.15) is 0 Å². The Morgan fingerprint density at radius 1 is 0.718 bits per heavy atom. The minimum atomic E-state index is -0.779. The molecule has 0 aromatic heterocycles. The van der Waals surface area contributed by atoms with Gasteiger partial charge in [-0.15, -0.1) is 11.8 Å². The van der Waals surface area contributed by atoms with E-state index >= 15 is 0 Å². The van der Waals surface area contributed by atoms with Gasteiger partial charge in [-0.25, -0.2) is 0 Å². The summed E-state index contributed by atoms with van der Waals surface area (Å²) in [6.45, 7) is 0. The van der Waals surface area contributed by atoms with Gasteiger partial charge in [0.1, 0.15) is 0 Å². The second kappa shape index (κ2) is 12.1. The van der Waals surface area contributed by atoms with Crippen LogP contribution < -0.4 is 5.32 Å². The van der Waals surface area contributed by atoms with Crippen molar-refractivity contribution in [3.63, 3.8) is 0 Å². The van der Waals surface area contributed by atoms with Gasteiger partial charge < -0.3 is 5.32 Å². The minimum absolute atomic E-state index is 0.132. The minimum Gasteiger partial charge on any atom is -0.344 e. The number of thioether (sulfide) groups is 1. The molecule has 0 spiro atoms. The van der Waals surface area contributed by atoms with Gasteiger partial charge in [0.25, 0.3) is 5.91 Å². The average molecular weight is 571 g/mol. The molecule has 1 amide bonds. The Hall–Kier alpha value is -3.57. The zero-order valence-corrected chi connectivity index (χ0v) is 23.4. The number of benzene rings is 5. The molecule has 0 radical (unpaired) electrons. The van der Waals surface area contributed by atoms with Crippen molar-refractivity contribution in [2.75, 3.05) is 6.26 Å². The first-order valence-electron chi connectivity index (χ1n) is 12.4. The number of nitrogens with one attached hydrogen (secondary N) is 1. The molecule has 3 nitrogen and oxygen atoms in total. The molecule has 0 saturated heterocycles. The van der Waals surface area contributed by atoms with E-state index in [4.69, 9.17) is 23.2 Å². The normalized spacial score (nSPS) is 12.6. The van der Waals surface area contributed by atoms with Gasteiger partial charge in [0.2, 0.25) is 0 Å². The van der Waals surface area contributed by atoms with E-state index in [2.05, 4.69) is 5.32 Å². The summed E-state index contributed by atoms with van der Waals surface area (Å²) in [7, 11) is 0. The molecule has 5 aromatic rings. The highest BCUT2D eigenvalue weighted by Crippen LogP contribution is 2.39. The summed E-state index contributed by atoms with van der Waals surface area (Å²) >= 11 is 14.3. The van der Waals surface area contributed by atoms with Crippen LogP contribution in [0.4, 0.5) is 0 Å². The van der Waals surface area contributed by atoms with Gasteiger partial charge in [-0.1, -0.05) is 102 Å². The Morgan fingerprint density at radius 3 is 2.13 bits per heavy atom. The van der Waals surface area contributed by atoms with Crippen LogP contribution in [-0.2, 0) is 0 Å². The molecule has 2 unspecified atom stereocenters. The smallest absolute Gasteiger partial charge is 0.251 e. The van der Waals surface area contributed by atoms with Gasteiger partial charge in [-0.3, -0.25) is 9.59 Å². The van der Waals surface area contributed by atoms with E-state index in [1.165, 1.54) is 0 Å². The van der Waals surface area contributed by atoms with Crippen molar-refractivity contribution >= 4 is 57.4 Å². The molecule has 6 heteroatoms. The molecule has 0 heterocycles. The first-order chi connectivity index (χ1) is 19.0. The van der Waals surface area contributed by atoms with Crippen molar-refractivity contribution in [3.05, 3.63) is 148 Å². The number of carbonyl (C=O) groups is 2. The molecule has 0 aliphatic carbocycles. The molecule has 0 aliphatic rings. The highest BCUT2D eigenvalue weighted by atomic mass is 35.5. The Labute approximate surface area is 242 Å². The number of hydrogen-bond donors (Lipinski definition) is 1. The number of carbonyl (C=O) groups excluding carboxylic acids is 2. The van der Waals surface area contributed by atoms with Gasteiger partial charge in [-0.05, 0) is 64.6 Å². The van der Waals surface area contributed by atoms with E-state index in [-0.39, 0.29) is 11.7 Å². The van der Waals surface area contributed by atoms with Crippen molar-refractivity contribution < 1.29 is 9.59 Å². The second-order valence-electron chi connectivity index (χ2n) is 9.13. The van der Waals surface area contributed by atoms with Crippen LogP contribution in [0.3, 0.4) is 0 Å². The summed E-state index contributed by atoms with van der Waals surface area (Å²) in [4.78, 5) is 29.0. The Morgan fingerprint density at radius 2 is 1.41 bits per heavy atom. The molecule has 5 aromatic carbocycles. The summed E-state index contributed by atoms with van der Waals surface area (Å²) in [6, 6.07) is 34.9. The summed E-state index contributed by atoms with van der Waals surface area (Å²) in [6.07, 6.45) is 1.99. The largest absolute Gasteiger partial charge is 0.344 e. The van der Waals surface area contributed by atoms with Crippen LogP contribution in [0.1, 0.15) is 43.8 Å². The monoisotopic (exact) mass is 569 g/mol. The van der Waals surface area contributed by atoms with Gasteiger partial charge in [0.05, 0.1) is 22.0 Å². The van der Waals surface area contributed by atoms with E-state index in [1.807, 2.05) is 91.2 Å². The maximum atomic E-state index is 14.4. The van der Waals surface area contributed by atoms with E-state index in [0.717, 1.165) is 21.2 Å². The standard InChI is InChI=1S/C33H25Cl2NO2S/c1-39-25-17-14-22(15-18-25)32(37)30(24-16-19-28(34)29(35)20-24)31(36-33(38)23-9-3-2-4-10-23)27-13-7-11-21-8-5-6-12-26(21)27/h2-20,30-31H,1H3,(H,36,38). The Kier molecular flexibility index (Phi) is 8.37. The third kappa shape index (κ3) is 5.89. The lowest BCUT2D eigenvalue weighted by Crippen LogP contribution is -2.36. The topological polar surface area (TPSA) is 46.2 Å². The van der Waals surface area contributed by atoms with Crippen LogP contribution in [0.2, 0.25) is 10.0 Å². The molecule has 39 heavy (non-hydrogen) atoms. The molecule has 0 fully saturated rings. The molecule has 0 aliphatic heterocycles. The SMILES string of the molecule is CSc1ccc(C(=O)C(c2ccc(Cl)c(Cl)c2)C(NC(=O)c2ccccc2)c2cccc3ccccc23)cc1. The second-order valence-corrected chi connectivity index (χ2v) is 10.8. The number of Topliss-reactive ketones (excluding diaryl/α,β-unsaturated/α-hetero) is 1. The number of ketones is 1. The first-order valence-corrected chi connectivity index (χ1v) is 14.4. The van der Waals surface area contributed by atoms with Gasteiger partial charge in [0, 0.05) is 16.0 Å². The zero-order valence-electron chi connectivity index (χ0n) is 21.1. The lowest BCUT2D eigenvalue weighted by atomic mass is 9.80. The molecule has 5 rings (SSSR count). The Balaban J connectivity index is 1.71. The number of fused-ring (bicyclic) bond motifs is 1. The average Bonchev–Trinajstić information content (AvgIpc) is 2.98. The number of amides is 1. The van der Waals surface area contributed by atoms with E-state index in [9.17, 15) is 9.59 Å². The predicted molar refractivity (Wildman–Crippen MR) is 162 cm³/mol. The lowest BCUT2D eigenvalue weighted by Gasteiger charge is -2.29. The summed E-state index contributed by atoms with van der Waals surface area (Å²) < 4.78 is 0. The molecule has 194 valence electrons. The summed E-state index contributed by atoms with van der Waals surface area (Å²) in [5.74, 6) is -1.19. The lowest BCUT2D eigenvalue weighted by molar-refractivity contribution is 0.0892. The fraction of sp³-hybridized carbons (Fsp3) is 0.0909. The predicted octanol–water partition coefficient (Wildman–Crippen LogP) is 9.01. The molecule has 0 bridgehead atoms. The molecule has 1 N–H and O–H groups in total. The maximum absolute atomic E-state index is 14.4. The third-order valence-electron chi connectivity index (χ3n) is 6.77. The molecule has 2 atom stereocenters. The zero-order chi connectivity index (χ0) is 27.4. The molecule has 0 saturated carbocycles. The fourth-order valence-electron chi connectivity index (χ4n) is 4.81. The van der Waals surface area contributed by atoms with Crippen molar-refractivity contribution in [2.24, 2.45) is 0 Å². The van der Waals surface area contributed by atoms with Crippen molar-refractivity contribution in [1.29, 1.82) is 0 Å². The van der Waals surface area contributed by atoms with E-state index < -0.39 is 12.0 Å². The first kappa shape index (κ1) is 27.0. The van der Waals surface area contributed by atoms with E-state index in [0.29, 0.717) is 26.7 Å². The quantitative estimate of drug-likeness (QED) is 0.150. The van der Waals surface area contributed by atoms with Crippen LogP contribution in [0.15, 0.2) is 120 Å². The Bertz CT molecular complexity index is 1630. The number of hydrogen-bond acceptors (Lipinski definition) is 3. The van der Waals surface area contributed by atoms with Crippen LogP contribution >= 0.6 is 35.0 Å². The van der Waals surface area contributed by atoms with Crippen LogP contribution in [0.5, 0.6) is 0 Å². The van der Waals surface area contributed by atoms with Crippen molar-refractivity contribution in [1.82, 2.24) is 5.32 Å².